The number of hydrogen-bond acceptors (Lipinski definition) is 5. The Labute approximate surface area is 213 Å². The summed E-state index contributed by atoms with van der Waals surface area (Å²) in [6.45, 7) is 1.98. The molecule has 0 saturated heterocycles. The number of fused-ring (bicyclic) bond motifs is 1. The number of carboxylic acids is 1. The van der Waals surface area contributed by atoms with E-state index in [0.29, 0.717) is 22.5 Å². The van der Waals surface area contributed by atoms with E-state index in [0.717, 1.165) is 16.6 Å². The molecule has 0 radical (unpaired) electrons. The number of carbonyl (C=O) groups is 2. The number of aryl methyl sites for hydroxylation is 1. The molecule has 0 spiro atoms. The van der Waals surface area contributed by atoms with E-state index in [1.165, 1.54) is 0 Å². The van der Waals surface area contributed by atoms with E-state index in [2.05, 4.69) is 15.3 Å². The first-order valence-corrected chi connectivity index (χ1v) is 11.7. The molecule has 184 valence electrons. The molecule has 5 rings (SSSR count). The van der Waals surface area contributed by atoms with Crippen LogP contribution in [0.4, 0.5) is 5.69 Å². The lowest BCUT2D eigenvalue weighted by Crippen LogP contribution is -2.15. The molecule has 1 amide bonds. The average molecular weight is 493 g/mol. The van der Waals surface area contributed by atoms with Crippen molar-refractivity contribution in [2.24, 2.45) is 0 Å². The monoisotopic (exact) mass is 492 g/mol. The molecule has 3 aromatic carbocycles. The zero-order valence-corrected chi connectivity index (χ0v) is 20.0. The Bertz CT molecular complexity index is 1560. The van der Waals surface area contributed by atoms with E-state index in [4.69, 9.17) is 4.74 Å². The normalized spacial score (nSPS) is 11.7. The maximum absolute atomic E-state index is 13.1. The molecule has 0 aliphatic rings. The van der Waals surface area contributed by atoms with Crippen LogP contribution in [0.15, 0.2) is 97.5 Å². The molecule has 1 atom stereocenters. The molecular formula is C29H24N4O4. The van der Waals surface area contributed by atoms with Gasteiger partial charge in [0, 0.05) is 11.9 Å². The number of benzene rings is 3. The Kier molecular flexibility index (Phi) is 6.63. The van der Waals surface area contributed by atoms with Crippen LogP contribution in [0.25, 0.3) is 11.0 Å². The van der Waals surface area contributed by atoms with Gasteiger partial charge in [0.2, 0.25) is 5.88 Å². The van der Waals surface area contributed by atoms with Crippen molar-refractivity contribution in [2.45, 2.75) is 19.4 Å². The second kappa shape index (κ2) is 10.3. The van der Waals surface area contributed by atoms with Crippen molar-refractivity contribution in [3.63, 3.8) is 0 Å². The van der Waals surface area contributed by atoms with Crippen LogP contribution < -0.4 is 10.1 Å². The van der Waals surface area contributed by atoms with Crippen molar-refractivity contribution in [1.82, 2.24) is 14.5 Å². The maximum atomic E-state index is 13.1. The molecule has 0 saturated carbocycles. The SMILES string of the molecule is Cc1ccc(Oc2ncccc2C(=O)Nc2ccc3c(c2)ncn3C(CC(=O)O)c2ccccc2)cc1. The Morgan fingerprint density at radius 2 is 1.76 bits per heavy atom. The lowest BCUT2D eigenvalue weighted by molar-refractivity contribution is -0.137. The van der Waals surface area contributed by atoms with E-state index in [1.54, 1.807) is 36.8 Å². The lowest BCUT2D eigenvalue weighted by atomic mass is 10.0. The molecular weight excluding hydrogens is 468 g/mol. The summed E-state index contributed by atoms with van der Waals surface area (Å²) in [6, 6.07) is 25.2. The van der Waals surface area contributed by atoms with Crippen LogP contribution in [-0.4, -0.2) is 31.5 Å². The van der Waals surface area contributed by atoms with E-state index >= 15 is 0 Å². The summed E-state index contributed by atoms with van der Waals surface area (Å²) in [5.74, 6) is -0.491. The quantitative estimate of drug-likeness (QED) is 0.282. The molecule has 2 N–H and O–H groups in total. The number of nitrogens with one attached hydrogen (secondary N) is 1. The molecule has 8 heteroatoms. The number of pyridine rings is 1. The molecule has 2 aromatic heterocycles. The van der Waals surface area contributed by atoms with Crippen molar-refractivity contribution in [1.29, 1.82) is 0 Å². The number of rotatable bonds is 8. The van der Waals surface area contributed by atoms with Gasteiger partial charge in [-0.15, -0.1) is 0 Å². The highest BCUT2D eigenvalue weighted by Crippen LogP contribution is 2.29. The first-order valence-electron chi connectivity index (χ1n) is 11.7. The predicted octanol–water partition coefficient (Wildman–Crippen LogP) is 5.85. The summed E-state index contributed by atoms with van der Waals surface area (Å²) in [4.78, 5) is 33.4. The lowest BCUT2D eigenvalue weighted by Gasteiger charge is -2.18. The van der Waals surface area contributed by atoms with Crippen molar-refractivity contribution in [3.8, 4) is 11.6 Å². The number of imidazole rings is 1. The molecule has 1 unspecified atom stereocenters. The Balaban J connectivity index is 1.39. The topological polar surface area (TPSA) is 106 Å². The number of anilines is 1. The highest BCUT2D eigenvalue weighted by Gasteiger charge is 2.20. The summed E-state index contributed by atoms with van der Waals surface area (Å²) < 4.78 is 7.71. The van der Waals surface area contributed by atoms with E-state index in [1.807, 2.05) is 72.2 Å². The predicted molar refractivity (Wildman–Crippen MR) is 140 cm³/mol. The van der Waals surface area contributed by atoms with E-state index in [9.17, 15) is 14.7 Å². The first-order chi connectivity index (χ1) is 18.0. The summed E-state index contributed by atoms with van der Waals surface area (Å²) in [7, 11) is 0. The number of aliphatic carboxylic acids is 1. The average Bonchev–Trinajstić information content (AvgIpc) is 3.32. The molecule has 0 fully saturated rings. The van der Waals surface area contributed by atoms with Gasteiger partial charge < -0.3 is 19.7 Å². The number of carboxylic acid groups (broad SMARTS) is 1. The zero-order chi connectivity index (χ0) is 25.8. The van der Waals surface area contributed by atoms with Crippen LogP contribution in [0.1, 0.15) is 33.9 Å². The van der Waals surface area contributed by atoms with E-state index in [-0.39, 0.29) is 18.2 Å². The van der Waals surface area contributed by atoms with Gasteiger partial charge in [0.15, 0.2) is 0 Å². The van der Waals surface area contributed by atoms with Crippen molar-refractivity contribution in [2.75, 3.05) is 5.32 Å². The first kappa shape index (κ1) is 23.7. The van der Waals surface area contributed by atoms with E-state index < -0.39 is 12.0 Å². The minimum Gasteiger partial charge on any atom is -0.481 e. The van der Waals surface area contributed by atoms with Gasteiger partial charge in [-0.25, -0.2) is 9.97 Å². The van der Waals surface area contributed by atoms with Crippen molar-refractivity contribution >= 4 is 28.6 Å². The van der Waals surface area contributed by atoms with Gasteiger partial charge in [-0.2, -0.15) is 0 Å². The Morgan fingerprint density at radius 1 is 0.973 bits per heavy atom. The fourth-order valence-electron chi connectivity index (χ4n) is 4.14. The largest absolute Gasteiger partial charge is 0.481 e. The van der Waals surface area contributed by atoms with Gasteiger partial charge in [-0.1, -0.05) is 48.0 Å². The molecule has 5 aromatic rings. The van der Waals surface area contributed by atoms with Crippen LogP contribution in [0.3, 0.4) is 0 Å². The smallest absolute Gasteiger partial charge is 0.305 e. The summed E-state index contributed by atoms with van der Waals surface area (Å²) in [6.07, 6.45) is 3.11. The molecule has 2 heterocycles. The van der Waals surface area contributed by atoms with Gasteiger partial charge in [-0.05, 0) is 55.0 Å². The number of nitrogens with zero attached hydrogens (tertiary/aromatic N) is 3. The Morgan fingerprint density at radius 3 is 2.51 bits per heavy atom. The summed E-state index contributed by atoms with van der Waals surface area (Å²) in [5, 5.41) is 12.4. The van der Waals surface area contributed by atoms with Crippen LogP contribution in [0.2, 0.25) is 0 Å². The highest BCUT2D eigenvalue weighted by atomic mass is 16.5. The molecule has 37 heavy (non-hydrogen) atoms. The standard InChI is InChI=1S/C29H24N4O4/c1-19-9-12-22(13-10-19)37-29-23(8-5-15-30-29)28(36)32-21-11-14-25-24(16-21)31-18-33(25)26(17-27(34)35)20-6-3-2-4-7-20/h2-16,18,26H,17H2,1H3,(H,32,36)(H,34,35). The maximum Gasteiger partial charge on any atom is 0.305 e. The number of ether oxygens (including phenoxy) is 1. The van der Waals surface area contributed by atoms with Crippen molar-refractivity contribution < 1.29 is 19.4 Å². The third-order valence-electron chi connectivity index (χ3n) is 5.97. The summed E-state index contributed by atoms with van der Waals surface area (Å²) in [5.41, 5.74) is 4.20. The van der Waals surface area contributed by atoms with Gasteiger partial charge in [-0.3, -0.25) is 9.59 Å². The van der Waals surface area contributed by atoms with Gasteiger partial charge >= 0.3 is 5.97 Å². The van der Waals surface area contributed by atoms with Gasteiger partial charge in [0.1, 0.15) is 11.3 Å². The molecule has 8 nitrogen and oxygen atoms in total. The van der Waals surface area contributed by atoms with Crippen molar-refractivity contribution in [3.05, 3.63) is 114 Å². The number of hydrogen-bond donors (Lipinski definition) is 2. The Hall–Kier alpha value is -4.98. The highest BCUT2D eigenvalue weighted by molar-refractivity contribution is 6.06. The summed E-state index contributed by atoms with van der Waals surface area (Å²) >= 11 is 0. The zero-order valence-electron chi connectivity index (χ0n) is 20.0. The van der Waals surface area contributed by atoms with Crippen LogP contribution in [0.5, 0.6) is 11.6 Å². The number of aromatic nitrogens is 3. The van der Waals surface area contributed by atoms with Crippen LogP contribution in [0, 0.1) is 6.92 Å². The molecule has 0 bridgehead atoms. The fourth-order valence-corrected chi connectivity index (χ4v) is 4.14. The van der Waals surface area contributed by atoms with Crippen LogP contribution in [-0.2, 0) is 4.79 Å². The van der Waals surface area contributed by atoms with Crippen LogP contribution >= 0.6 is 0 Å². The van der Waals surface area contributed by atoms with Gasteiger partial charge in [0.05, 0.1) is 29.8 Å². The number of carbonyl (C=O) groups excluding carboxylic acids is 1. The second-order valence-corrected chi connectivity index (χ2v) is 8.61. The second-order valence-electron chi connectivity index (χ2n) is 8.61. The third-order valence-corrected chi connectivity index (χ3v) is 5.97. The minimum atomic E-state index is -0.903. The van der Waals surface area contributed by atoms with Gasteiger partial charge in [0.25, 0.3) is 5.91 Å². The third kappa shape index (κ3) is 5.33. The minimum absolute atomic E-state index is 0.0846. The number of amides is 1. The molecule has 0 aliphatic heterocycles. The molecule has 0 aliphatic carbocycles. The fraction of sp³-hybridized carbons (Fsp3) is 0.103.